The first-order valence-electron chi connectivity index (χ1n) is 8.55. The lowest BCUT2D eigenvalue weighted by Crippen LogP contribution is -2.06. The van der Waals surface area contributed by atoms with E-state index < -0.39 is 5.97 Å². The van der Waals surface area contributed by atoms with Crippen molar-refractivity contribution >= 4 is 16.9 Å². The predicted molar refractivity (Wildman–Crippen MR) is 103 cm³/mol. The highest BCUT2D eigenvalue weighted by Gasteiger charge is 2.20. The highest BCUT2D eigenvalue weighted by Crippen LogP contribution is 2.38. The van der Waals surface area contributed by atoms with Gasteiger partial charge in [-0.25, -0.2) is 4.79 Å². The second kappa shape index (κ2) is 8.12. The summed E-state index contributed by atoms with van der Waals surface area (Å²) < 4.78 is 32.3. The first-order valence-corrected chi connectivity index (χ1v) is 8.55. The Morgan fingerprint density at radius 1 is 0.929 bits per heavy atom. The van der Waals surface area contributed by atoms with Crippen molar-refractivity contribution < 1.29 is 32.9 Å². The Kier molecular flexibility index (Phi) is 5.63. The van der Waals surface area contributed by atoms with Crippen LogP contribution in [0.3, 0.4) is 0 Å². The van der Waals surface area contributed by atoms with Gasteiger partial charge in [0.25, 0.3) is 0 Å². The molecule has 2 aromatic carbocycles. The van der Waals surface area contributed by atoms with Crippen LogP contribution in [0.4, 0.5) is 0 Å². The maximum absolute atomic E-state index is 12.6. The topological polar surface area (TPSA) is 76.4 Å². The van der Waals surface area contributed by atoms with Crippen LogP contribution in [0.1, 0.15) is 21.7 Å². The number of carbonyl (C=O) groups is 1. The number of esters is 1. The molecule has 0 amide bonds. The van der Waals surface area contributed by atoms with Gasteiger partial charge in [0.15, 0.2) is 11.5 Å². The summed E-state index contributed by atoms with van der Waals surface area (Å²) in [4.78, 5) is 12.6. The number of aryl methyl sites for hydroxylation is 1. The second-order valence-electron chi connectivity index (χ2n) is 6.03. The van der Waals surface area contributed by atoms with Crippen molar-refractivity contribution in [3.63, 3.8) is 0 Å². The van der Waals surface area contributed by atoms with Gasteiger partial charge >= 0.3 is 5.97 Å². The molecule has 0 saturated carbocycles. The zero-order chi connectivity index (χ0) is 20.3. The largest absolute Gasteiger partial charge is 0.497 e. The molecule has 0 spiro atoms. The SMILES string of the molecule is COc1ccc2oc(C(=O)OCc3cc(OC)c(OC)c(OC)c3)c(C)c2c1. The minimum Gasteiger partial charge on any atom is -0.497 e. The Hall–Kier alpha value is -3.35. The fraction of sp³-hybridized carbons (Fsp3) is 0.286. The summed E-state index contributed by atoms with van der Waals surface area (Å²) >= 11 is 0. The van der Waals surface area contributed by atoms with Crippen LogP contribution < -0.4 is 18.9 Å². The van der Waals surface area contributed by atoms with E-state index in [0.717, 1.165) is 5.39 Å². The van der Waals surface area contributed by atoms with Gasteiger partial charge in [0.2, 0.25) is 11.5 Å². The maximum Gasteiger partial charge on any atom is 0.374 e. The number of benzene rings is 2. The first-order chi connectivity index (χ1) is 13.5. The van der Waals surface area contributed by atoms with Crippen molar-refractivity contribution in [2.45, 2.75) is 13.5 Å². The smallest absolute Gasteiger partial charge is 0.374 e. The summed E-state index contributed by atoms with van der Waals surface area (Å²) in [6, 6.07) is 8.81. The standard InChI is InChI=1S/C21H22O7/c1-12-15-10-14(23-2)6-7-16(15)28-19(12)21(22)27-11-13-8-17(24-3)20(26-5)18(9-13)25-4/h6-10H,11H2,1-5H3. The molecule has 0 saturated heterocycles. The molecule has 3 aromatic rings. The van der Waals surface area contributed by atoms with Gasteiger partial charge < -0.3 is 28.1 Å². The fourth-order valence-corrected chi connectivity index (χ4v) is 2.95. The van der Waals surface area contributed by atoms with Crippen LogP contribution in [0.2, 0.25) is 0 Å². The van der Waals surface area contributed by atoms with Crippen molar-refractivity contribution in [2.75, 3.05) is 28.4 Å². The normalized spacial score (nSPS) is 10.6. The van der Waals surface area contributed by atoms with E-state index in [0.29, 0.717) is 39.7 Å². The summed E-state index contributed by atoms with van der Waals surface area (Å²) in [5.74, 6) is 1.74. The van der Waals surface area contributed by atoms with Crippen LogP contribution in [-0.4, -0.2) is 34.4 Å². The van der Waals surface area contributed by atoms with Crippen LogP contribution in [0, 0.1) is 6.92 Å². The monoisotopic (exact) mass is 386 g/mol. The van der Waals surface area contributed by atoms with E-state index >= 15 is 0 Å². The van der Waals surface area contributed by atoms with E-state index in [1.807, 2.05) is 6.07 Å². The lowest BCUT2D eigenvalue weighted by atomic mass is 10.1. The van der Waals surface area contributed by atoms with E-state index in [1.54, 1.807) is 38.3 Å². The Bertz CT molecular complexity index is 978. The van der Waals surface area contributed by atoms with Crippen LogP contribution in [-0.2, 0) is 11.3 Å². The van der Waals surface area contributed by atoms with E-state index in [1.165, 1.54) is 21.3 Å². The van der Waals surface area contributed by atoms with Crippen molar-refractivity contribution in [1.82, 2.24) is 0 Å². The molecule has 0 fully saturated rings. The van der Waals surface area contributed by atoms with Gasteiger partial charge in [-0.2, -0.15) is 0 Å². The summed E-state index contributed by atoms with van der Waals surface area (Å²) in [6.45, 7) is 1.83. The molecule has 0 atom stereocenters. The Balaban J connectivity index is 1.83. The molecule has 0 aliphatic carbocycles. The molecule has 0 aliphatic heterocycles. The molecule has 1 aromatic heterocycles. The molecule has 1 heterocycles. The number of methoxy groups -OCH3 is 4. The fourth-order valence-electron chi connectivity index (χ4n) is 2.95. The first kappa shape index (κ1) is 19.4. The number of hydrogen-bond donors (Lipinski definition) is 0. The molecule has 3 rings (SSSR count). The molecule has 0 bridgehead atoms. The molecule has 28 heavy (non-hydrogen) atoms. The van der Waals surface area contributed by atoms with Crippen LogP contribution in [0.15, 0.2) is 34.7 Å². The second-order valence-corrected chi connectivity index (χ2v) is 6.03. The number of ether oxygens (including phenoxy) is 5. The van der Waals surface area contributed by atoms with Crippen molar-refractivity contribution in [1.29, 1.82) is 0 Å². The number of rotatable bonds is 7. The average molecular weight is 386 g/mol. The third-order valence-electron chi connectivity index (χ3n) is 4.42. The van der Waals surface area contributed by atoms with E-state index in [-0.39, 0.29) is 12.4 Å². The number of furan rings is 1. The molecule has 0 unspecified atom stereocenters. The highest BCUT2D eigenvalue weighted by molar-refractivity contribution is 5.96. The van der Waals surface area contributed by atoms with Gasteiger partial charge in [-0.15, -0.1) is 0 Å². The number of hydrogen-bond acceptors (Lipinski definition) is 7. The van der Waals surface area contributed by atoms with Crippen molar-refractivity contribution in [3.8, 4) is 23.0 Å². The third kappa shape index (κ3) is 3.55. The van der Waals surface area contributed by atoms with E-state index in [4.69, 9.17) is 28.1 Å². The summed E-state index contributed by atoms with van der Waals surface area (Å²) in [5.41, 5.74) is 1.99. The molecular formula is C21H22O7. The Morgan fingerprint density at radius 2 is 1.61 bits per heavy atom. The summed E-state index contributed by atoms with van der Waals surface area (Å²) in [7, 11) is 6.17. The lowest BCUT2D eigenvalue weighted by Gasteiger charge is -2.14. The van der Waals surface area contributed by atoms with Gasteiger partial charge in [-0.3, -0.25) is 0 Å². The van der Waals surface area contributed by atoms with Gasteiger partial charge in [0.05, 0.1) is 28.4 Å². The Morgan fingerprint density at radius 3 is 2.18 bits per heavy atom. The van der Waals surface area contributed by atoms with Gasteiger partial charge in [-0.1, -0.05) is 0 Å². The van der Waals surface area contributed by atoms with Gasteiger partial charge in [0, 0.05) is 10.9 Å². The van der Waals surface area contributed by atoms with Crippen LogP contribution in [0.5, 0.6) is 23.0 Å². The zero-order valence-corrected chi connectivity index (χ0v) is 16.5. The molecule has 0 radical (unpaired) electrons. The maximum atomic E-state index is 12.6. The molecule has 0 aliphatic rings. The van der Waals surface area contributed by atoms with Crippen LogP contribution in [0.25, 0.3) is 11.0 Å². The minimum atomic E-state index is -0.554. The van der Waals surface area contributed by atoms with Gasteiger partial charge in [-0.05, 0) is 42.8 Å². The summed E-state index contributed by atoms with van der Waals surface area (Å²) in [6.07, 6.45) is 0. The van der Waals surface area contributed by atoms with Crippen LogP contribution >= 0.6 is 0 Å². The molecule has 7 heteroatoms. The molecule has 7 nitrogen and oxygen atoms in total. The van der Waals surface area contributed by atoms with E-state index in [9.17, 15) is 4.79 Å². The summed E-state index contributed by atoms with van der Waals surface area (Å²) in [5, 5.41) is 0.805. The van der Waals surface area contributed by atoms with E-state index in [2.05, 4.69) is 0 Å². The Labute approximate surface area is 162 Å². The third-order valence-corrected chi connectivity index (χ3v) is 4.42. The molecule has 148 valence electrons. The van der Waals surface area contributed by atoms with Crippen molar-refractivity contribution in [2.24, 2.45) is 0 Å². The zero-order valence-electron chi connectivity index (χ0n) is 16.5. The average Bonchev–Trinajstić information content (AvgIpc) is 3.06. The van der Waals surface area contributed by atoms with Crippen molar-refractivity contribution in [3.05, 3.63) is 47.2 Å². The highest BCUT2D eigenvalue weighted by atomic mass is 16.5. The molecular weight excluding hydrogens is 364 g/mol. The van der Waals surface area contributed by atoms with Gasteiger partial charge in [0.1, 0.15) is 17.9 Å². The molecule has 0 N–H and O–H groups in total. The number of fused-ring (bicyclic) bond motifs is 1. The minimum absolute atomic E-state index is 0.0232. The predicted octanol–water partition coefficient (Wildman–Crippen LogP) is 4.13. The number of carbonyl (C=O) groups excluding carboxylic acids is 1. The quantitative estimate of drug-likeness (QED) is 0.565. The lowest BCUT2D eigenvalue weighted by molar-refractivity contribution is 0.0437.